The first kappa shape index (κ1) is 14.7. The Morgan fingerprint density at radius 2 is 2.20 bits per heavy atom. The number of pyridine rings is 1. The van der Waals surface area contributed by atoms with E-state index in [1.165, 1.54) is 11.1 Å². The fraction of sp³-hybridized carbons (Fsp3) is 0.533. The first-order chi connectivity index (χ1) is 9.76. The summed E-state index contributed by atoms with van der Waals surface area (Å²) in [5.74, 6) is 1.03. The van der Waals surface area contributed by atoms with Crippen LogP contribution in [0.1, 0.15) is 43.3 Å². The van der Waals surface area contributed by atoms with Crippen LogP contribution in [-0.4, -0.2) is 26.3 Å². The summed E-state index contributed by atoms with van der Waals surface area (Å²) >= 11 is 0. The molecule has 0 saturated carbocycles. The van der Waals surface area contributed by atoms with Crippen LogP contribution in [0.3, 0.4) is 0 Å². The predicted molar refractivity (Wildman–Crippen MR) is 79.4 cm³/mol. The number of aromatic nitrogens is 4. The van der Waals surface area contributed by atoms with E-state index in [-0.39, 0.29) is 6.04 Å². The van der Waals surface area contributed by atoms with Crippen molar-refractivity contribution >= 4 is 0 Å². The third-order valence-corrected chi connectivity index (χ3v) is 3.42. The van der Waals surface area contributed by atoms with Gasteiger partial charge in [-0.25, -0.2) is 4.98 Å². The van der Waals surface area contributed by atoms with Crippen molar-refractivity contribution in [2.24, 2.45) is 0 Å². The van der Waals surface area contributed by atoms with Gasteiger partial charge in [0.2, 0.25) is 0 Å². The van der Waals surface area contributed by atoms with E-state index in [0.29, 0.717) is 0 Å². The molecule has 0 fully saturated rings. The molecule has 2 aromatic heterocycles. The molecule has 2 heterocycles. The van der Waals surface area contributed by atoms with Gasteiger partial charge < -0.3 is 5.32 Å². The summed E-state index contributed by atoms with van der Waals surface area (Å²) in [6, 6.07) is 2.28. The maximum Gasteiger partial charge on any atom is 0.138 e. The molecule has 1 atom stereocenters. The van der Waals surface area contributed by atoms with Gasteiger partial charge >= 0.3 is 0 Å². The van der Waals surface area contributed by atoms with Crippen molar-refractivity contribution in [1.82, 2.24) is 25.1 Å². The van der Waals surface area contributed by atoms with Gasteiger partial charge in [-0.05, 0) is 37.1 Å². The monoisotopic (exact) mass is 273 g/mol. The molecule has 5 nitrogen and oxygen atoms in total. The van der Waals surface area contributed by atoms with Gasteiger partial charge in [-0.15, -0.1) is 0 Å². The number of rotatable bonds is 7. The number of aryl methyl sites for hydroxylation is 2. The minimum atomic E-state index is 0.230. The highest BCUT2D eigenvalue weighted by Crippen LogP contribution is 2.20. The molecule has 1 unspecified atom stereocenters. The molecular formula is C15H23N5. The van der Waals surface area contributed by atoms with Crippen LogP contribution in [-0.2, 0) is 13.0 Å². The van der Waals surface area contributed by atoms with E-state index in [0.717, 1.165) is 31.8 Å². The Bertz CT molecular complexity index is 535. The molecule has 0 aromatic carbocycles. The van der Waals surface area contributed by atoms with Crippen LogP contribution in [0.5, 0.6) is 0 Å². The van der Waals surface area contributed by atoms with Crippen molar-refractivity contribution in [2.45, 2.75) is 46.2 Å². The molecule has 5 heteroatoms. The molecule has 0 aliphatic carbocycles. The maximum absolute atomic E-state index is 4.40. The zero-order chi connectivity index (χ0) is 14.4. The fourth-order valence-electron chi connectivity index (χ4n) is 2.41. The molecule has 0 aliphatic rings. The largest absolute Gasteiger partial charge is 0.310 e. The summed E-state index contributed by atoms with van der Waals surface area (Å²) in [6.07, 6.45) is 7.32. The molecule has 20 heavy (non-hydrogen) atoms. The van der Waals surface area contributed by atoms with Gasteiger partial charge in [0.1, 0.15) is 12.2 Å². The first-order valence-electron chi connectivity index (χ1n) is 7.26. The minimum absolute atomic E-state index is 0.230. The van der Waals surface area contributed by atoms with E-state index in [1.54, 1.807) is 6.33 Å². The van der Waals surface area contributed by atoms with Gasteiger partial charge in [-0.1, -0.05) is 13.8 Å². The second-order valence-electron chi connectivity index (χ2n) is 4.95. The summed E-state index contributed by atoms with van der Waals surface area (Å²) in [5.41, 5.74) is 2.49. The average molecular weight is 273 g/mol. The molecule has 0 amide bonds. The highest BCUT2D eigenvalue weighted by molar-refractivity contribution is 5.25. The molecule has 0 bridgehead atoms. The number of nitrogens with zero attached hydrogens (tertiary/aromatic N) is 4. The molecule has 2 aromatic rings. The van der Waals surface area contributed by atoms with Crippen molar-refractivity contribution in [2.75, 3.05) is 6.54 Å². The summed E-state index contributed by atoms with van der Waals surface area (Å²) < 4.78 is 2.00. The van der Waals surface area contributed by atoms with Crippen molar-refractivity contribution in [3.63, 3.8) is 0 Å². The number of nitrogens with one attached hydrogen (secondary N) is 1. The zero-order valence-electron chi connectivity index (χ0n) is 12.5. The molecule has 1 N–H and O–H groups in total. The highest BCUT2D eigenvalue weighted by atomic mass is 15.3. The molecule has 108 valence electrons. The summed E-state index contributed by atoms with van der Waals surface area (Å²) in [6.45, 7) is 8.23. The van der Waals surface area contributed by atoms with Gasteiger partial charge in [0.05, 0.1) is 0 Å². The van der Waals surface area contributed by atoms with Crippen LogP contribution in [0, 0.1) is 6.92 Å². The smallest absolute Gasteiger partial charge is 0.138 e. The second-order valence-corrected chi connectivity index (χ2v) is 4.95. The Morgan fingerprint density at radius 3 is 2.90 bits per heavy atom. The first-order valence-corrected chi connectivity index (χ1v) is 7.26. The highest BCUT2D eigenvalue weighted by Gasteiger charge is 2.16. The van der Waals surface area contributed by atoms with Crippen molar-refractivity contribution in [3.05, 3.63) is 41.7 Å². The van der Waals surface area contributed by atoms with Crippen LogP contribution in [0.4, 0.5) is 0 Å². The Kier molecular flexibility index (Phi) is 5.24. The SMILES string of the molecule is CCCn1ncnc1CC(NCC)c1cnccc1C. The summed E-state index contributed by atoms with van der Waals surface area (Å²) in [5, 5.41) is 7.82. The molecule has 2 rings (SSSR count). The van der Waals surface area contributed by atoms with Crippen LogP contribution < -0.4 is 5.32 Å². The van der Waals surface area contributed by atoms with Gasteiger partial charge in [0, 0.05) is 31.4 Å². The second kappa shape index (κ2) is 7.14. The van der Waals surface area contributed by atoms with Gasteiger partial charge in [0.15, 0.2) is 0 Å². The number of hydrogen-bond acceptors (Lipinski definition) is 4. The van der Waals surface area contributed by atoms with E-state index in [1.807, 2.05) is 17.1 Å². The Hall–Kier alpha value is -1.75. The number of likely N-dealkylation sites (N-methyl/N-ethyl adjacent to an activating group) is 1. The van der Waals surface area contributed by atoms with E-state index in [9.17, 15) is 0 Å². The van der Waals surface area contributed by atoms with Crippen LogP contribution >= 0.6 is 0 Å². The Morgan fingerprint density at radius 1 is 1.35 bits per heavy atom. The predicted octanol–water partition coefficient (Wildman–Crippen LogP) is 2.28. The molecule has 0 aliphatic heterocycles. The Labute approximate surface area is 120 Å². The standard InChI is InChI=1S/C15H23N5/c1-4-8-20-15(18-11-19-20)9-14(17-5-2)13-10-16-7-6-12(13)3/h6-7,10-11,14,17H,4-5,8-9H2,1-3H3. The summed E-state index contributed by atoms with van der Waals surface area (Å²) in [4.78, 5) is 8.66. The normalized spacial score (nSPS) is 12.6. The zero-order valence-corrected chi connectivity index (χ0v) is 12.5. The van der Waals surface area contributed by atoms with Crippen LogP contribution in [0.25, 0.3) is 0 Å². The van der Waals surface area contributed by atoms with Gasteiger partial charge in [-0.3, -0.25) is 9.67 Å². The molecule has 0 saturated heterocycles. The number of hydrogen-bond donors (Lipinski definition) is 1. The van der Waals surface area contributed by atoms with E-state index in [4.69, 9.17) is 0 Å². The lowest BCUT2D eigenvalue weighted by atomic mass is 10.0. The van der Waals surface area contributed by atoms with Crippen molar-refractivity contribution in [3.8, 4) is 0 Å². The van der Waals surface area contributed by atoms with Crippen LogP contribution in [0.15, 0.2) is 24.8 Å². The topological polar surface area (TPSA) is 55.6 Å². The molecule has 0 spiro atoms. The Balaban J connectivity index is 2.21. The lowest BCUT2D eigenvalue weighted by molar-refractivity contribution is 0.496. The molecular weight excluding hydrogens is 250 g/mol. The van der Waals surface area contributed by atoms with Crippen molar-refractivity contribution < 1.29 is 0 Å². The lowest BCUT2D eigenvalue weighted by Gasteiger charge is -2.19. The lowest BCUT2D eigenvalue weighted by Crippen LogP contribution is -2.25. The van der Waals surface area contributed by atoms with E-state index in [2.05, 4.69) is 47.2 Å². The third kappa shape index (κ3) is 3.42. The minimum Gasteiger partial charge on any atom is -0.310 e. The van der Waals surface area contributed by atoms with E-state index < -0.39 is 0 Å². The van der Waals surface area contributed by atoms with Gasteiger partial charge in [-0.2, -0.15) is 5.10 Å². The van der Waals surface area contributed by atoms with E-state index >= 15 is 0 Å². The van der Waals surface area contributed by atoms with Crippen LogP contribution in [0.2, 0.25) is 0 Å². The summed E-state index contributed by atoms with van der Waals surface area (Å²) in [7, 11) is 0. The average Bonchev–Trinajstić information content (AvgIpc) is 2.87. The third-order valence-electron chi connectivity index (χ3n) is 3.42. The maximum atomic E-state index is 4.40. The van der Waals surface area contributed by atoms with Crippen molar-refractivity contribution in [1.29, 1.82) is 0 Å². The fourth-order valence-corrected chi connectivity index (χ4v) is 2.41. The molecule has 0 radical (unpaired) electrons. The quantitative estimate of drug-likeness (QED) is 0.841. The van der Waals surface area contributed by atoms with Gasteiger partial charge in [0.25, 0.3) is 0 Å².